The third-order valence-corrected chi connectivity index (χ3v) is 2.89. The Morgan fingerprint density at radius 2 is 2.12 bits per heavy atom. The fraction of sp³-hybridized carbons (Fsp3) is 0.286. The molecule has 0 fully saturated rings. The minimum atomic E-state index is -4.84. The second kappa shape index (κ2) is 4.39. The van der Waals surface area contributed by atoms with Gasteiger partial charge in [0.05, 0.1) is 0 Å². The Morgan fingerprint density at radius 1 is 1.56 bits per heavy atom. The number of ether oxygens (including phenoxy) is 1. The molecule has 0 aromatic carbocycles. The molecule has 1 rings (SSSR count). The zero-order valence-corrected chi connectivity index (χ0v) is 9.87. The Labute approximate surface area is 101 Å². The summed E-state index contributed by atoms with van der Waals surface area (Å²) < 4.78 is 39.5. The molecule has 88 valence electrons. The Bertz CT molecular complexity index is 436. The van der Waals surface area contributed by atoms with Gasteiger partial charge < -0.3 is 14.9 Å². The van der Waals surface area contributed by atoms with E-state index in [0.29, 0.717) is 6.20 Å². The van der Waals surface area contributed by atoms with Crippen LogP contribution < -0.4 is 4.74 Å². The number of nitrogens with zero attached hydrogens (tertiary/aromatic N) is 2. The number of nitro groups is 1. The topological polar surface area (TPSA) is 65.3 Å². The van der Waals surface area contributed by atoms with Crippen molar-refractivity contribution in [3.8, 4) is 5.75 Å². The lowest BCUT2D eigenvalue weighted by atomic mass is 10.3. The lowest BCUT2D eigenvalue weighted by molar-refractivity contribution is -0.390. The molecule has 1 heterocycles. The molecule has 0 spiro atoms. The summed E-state index contributed by atoms with van der Waals surface area (Å²) in [7, 11) is 0. The van der Waals surface area contributed by atoms with Gasteiger partial charge in [0.15, 0.2) is 11.9 Å². The van der Waals surface area contributed by atoms with Crippen molar-refractivity contribution in [1.29, 1.82) is 0 Å². The van der Waals surface area contributed by atoms with Crippen LogP contribution in [-0.4, -0.2) is 16.3 Å². The summed E-state index contributed by atoms with van der Waals surface area (Å²) in [6, 6.07) is 0. The molecule has 0 N–H and O–H groups in total. The highest BCUT2D eigenvalue weighted by Gasteiger charge is 2.33. The van der Waals surface area contributed by atoms with Crippen LogP contribution in [0.3, 0.4) is 0 Å². The molecule has 1 aromatic heterocycles. The molecule has 0 saturated heterocycles. The first-order valence-electron chi connectivity index (χ1n) is 3.77. The van der Waals surface area contributed by atoms with Gasteiger partial charge in [-0.2, -0.15) is 0 Å². The first kappa shape index (κ1) is 12.9. The van der Waals surface area contributed by atoms with E-state index in [0.717, 1.165) is 0 Å². The van der Waals surface area contributed by atoms with Gasteiger partial charge in [-0.1, -0.05) is 0 Å². The Balaban J connectivity index is 3.17. The van der Waals surface area contributed by atoms with Crippen LogP contribution >= 0.6 is 22.6 Å². The lowest BCUT2D eigenvalue weighted by Crippen LogP contribution is -2.18. The lowest BCUT2D eigenvalue weighted by Gasteiger charge is -2.10. The fourth-order valence-electron chi connectivity index (χ4n) is 0.904. The Kier molecular flexibility index (Phi) is 3.55. The highest BCUT2D eigenvalue weighted by molar-refractivity contribution is 14.1. The van der Waals surface area contributed by atoms with E-state index in [1.54, 1.807) is 22.6 Å². The number of alkyl halides is 3. The first-order chi connectivity index (χ1) is 7.22. The summed E-state index contributed by atoms with van der Waals surface area (Å²) in [4.78, 5) is 13.0. The first-order valence-corrected chi connectivity index (χ1v) is 4.85. The molecule has 0 aliphatic carbocycles. The summed E-state index contributed by atoms with van der Waals surface area (Å²) >= 11 is 1.55. The van der Waals surface area contributed by atoms with Crippen molar-refractivity contribution < 1.29 is 22.8 Å². The average Bonchev–Trinajstić information content (AvgIpc) is 2.10. The smallest absolute Gasteiger partial charge is 0.401 e. The van der Waals surface area contributed by atoms with Gasteiger partial charge >= 0.3 is 12.2 Å². The van der Waals surface area contributed by atoms with Gasteiger partial charge in [-0.05, 0) is 39.4 Å². The van der Waals surface area contributed by atoms with Crippen molar-refractivity contribution in [2.45, 2.75) is 13.3 Å². The van der Waals surface area contributed by atoms with E-state index >= 15 is 0 Å². The van der Waals surface area contributed by atoms with Crippen molar-refractivity contribution in [2.75, 3.05) is 0 Å². The van der Waals surface area contributed by atoms with E-state index in [1.165, 1.54) is 6.92 Å². The summed E-state index contributed by atoms with van der Waals surface area (Å²) in [5.74, 6) is -1.03. The van der Waals surface area contributed by atoms with Crippen molar-refractivity contribution >= 4 is 28.4 Å². The molecule has 1 aromatic rings. The average molecular weight is 348 g/mol. The van der Waals surface area contributed by atoms with Gasteiger partial charge in [0.2, 0.25) is 0 Å². The van der Waals surface area contributed by atoms with Crippen LogP contribution in [0.15, 0.2) is 6.20 Å². The second-order valence-corrected chi connectivity index (χ2v) is 3.77. The van der Waals surface area contributed by atoms with Crippen molar-refractivity contribution in [1.82, 2.24) is 4.98 Å². The number of halogens is 4. The number of aromatic nitrogens is 1. The number of hydrogen-bond acceptors (Lipinski definition) is 4. The highest BCUT2D eigenvalue weighted by Crippen LogP contribution is 2.31. The van der Waals surface area contributed by atoms with Crippen molar-refractivity contribution in [3.63, 3.8) is 0 Å². The van der Waals surface area contributed by atoms with Crippen LogP contribution in [0, 0.1) is 20.6 Å². The SMILES string of the molecule is Cc1c(OC(F)(F)F)cnc([N+](=O)[O-])c1I. The normalized spacial score (nSPS) is 11.3. The zero-order valence-electron chi connectivity index (χ0n) is 7.71. The van der Waals surface area contributed by atoms with Gasteiger partial charge in [0, 0.05) is 5.56 Å². The standard InChI is InChI=1S/C7H4F3IN2O3/c1-3-4(16-7(8,9)10)2-12-6(5(3)11)13(14)15/h2H,1H3. The molecule has 0 saturated carbocycles. The van der Waals surface area contributed by atoms with Crippen LogP contribution in [0.25, 0.3) is 0 Å². The van der Waals surface area contributed by atoms with Gasteiger partial charge in [-0.25, -0.2) is 0 Å². The van der Waals surface area contributed by atoms with Crippen LogP contribution in [0.5, 0.6) is 5.75 Å². The van der Waals surface area contributed by atoms with Gasteiger partial charge in [0.1, 0.15) is 3.57 Å². The zero-order chi connectivity index (χ0) is 12.5. The van der Waals surface area contributed by atoms with Crippen LogP contribution in [0.2, 0.25) is 0 Å². The molecule has 9 heteroatoms. The molecule has 0 aliphatic rings. The van der Waals surface area contributed by atoms with Gasteiger partial charge in [-0.15, -0.1) is 13.2 Å². The quantitative estimate of drug-likeness (QED) is 0.468. The van der Waals surface area contributed by atoms with Crippen LogP contribution in [-0.2, 0) is 0 Å². The maximum absolute atomic E-state index is 11.9. The predicted octanol–water partition coefficient (Wildman–Crippen LogP) is 2.80. The van der Waals surface area contributed by atoms with Gasteiger partial charge in [-0.3, -0.25) is 0 Å². The molecule has 0 unspecified atom stereocenters. The molecule has 0 radical (unpaired) electrons. The van der Waals surface area contributed by atoms with Crippen molar-refractivity contribution in [3.05, 3.63) is 25.4 Å². The number of hydrogen-bond donors (Lipinski definition) is 0. The maximum Gasteiger partial charge on any atom is 0.573 e. The Morgan fingerprint density at radius 3 is 2.56 bits per heavy atom. The van der Waals surface area contributed by atoms with Crippen LogP contribution in [0.1, 0.15) is 5.56 Å². The van der Waals surface area contributed by atoms with E-state index in [1.807, 2.05) is 0 Å². The van der Waals surface area contributed by atoms with E-state index in [2.05, 4.69) is 9.72 Å². The molecule has 0 amide bonds. The van der Waals surface area contributed by atoms with E-state index < -0.39 is 22.9 Å². The predicted molar refractivity (Wildman–Crippen MR) is 55.0 cm³/mol. The molecular weight excluding hydrogens is 344 g/mol. The van der Waals surface area contributed by atoms with E-state index in [9.17, 15) is 23.3 Å². The van der Waals surface area contributed by atoms with Crippen LogP contribution in [0.4, 0.5) is 19.0 Å². The fourth-order valence-corrected chi connectivity index (χ4v) is 1.51. The van der Waals surface area contributed by atoms with E-state index in [-0.39, 0.29) is 9.13 Å². The van der Waals surface area contributed by atoms with Crippen molar-refractivity contribution in [2.24, 2.45) is 0 Å². The largest absolute Gasteiger partial charge is 0.573 e. The minimum Gasteiger partial charge on any atom is -0.401 e. The molecule has 5 nitrogen and oxygen atoms in total. The molecule has 16 heavy (non-hydrogen) atoms. The number of pyridine rings is 1. The molecule has 0 atom stereocenters. The summed E-state index contributed by atoms with van der Waals surface area (Å²) in [6.45, 7) is 1.29. The molecular formula is C7H4F3IN2O3. The molecule has 0 bridgehead atoms. The monoisotopic (exact) mass is 348 g/mol. The Hall–Kier alpha value is -1.13. The second-order valence-electron chi connectivity index (χ2n) is 2.69. The molecule has 0 aliphatic heterocycles. The third kappa shape index (κ3) is 2.93. The summed E-state index contributed by atoms with van der Waals surface area (Å²) in [6.07, 6.45) is -4.16. The highest BCUT2D eigenvalue weighted by atomic mass is 127. The summed E-state index contributed by atoms with van der Waals surface area (Å²) in [5.41, 5.74) is 0.0274. The number of rotatable bonds is 2. The minimum absolute atomic E-state index is 0.0179. The van der Waals surface area contributed by atoms with E-state index in [4.69, 9.17) is 0 Å². The summed E-state index contributed by atoms with van der Waals surface area (Å²) in [5, 5.41) is 10.4. The van der Waals surface area contributed by atoms with Gasteiger partial charge in [0.25, 0.3) is 0 Å². The maximum atomic E-state index is 11.9. The third-order valence-electron chi connectivity index (χ3n) is 1.60.